The smallest absolute Gasteiger partial charge is 0.338 e. The maximum Gasteiger partial charge on any atom is 0.338 e. The van der Waals surface area contributed by atoms with Crippen LogP contribution in [0.4, 0.5) is 5.69 Å². The quantitative estimate of drug-likeness (QED) is 0.661. The highest BCUT2D eigenvalue weighted by atomic mass is 79.9. The first-order valence-corrected chi connectivity index (χ1v) is 7.09. The third-order valence-corrected chi connectivity index (χ3v) is 3.85. The van der Waals surface area contributed by atoms with Gasteiger partial charge in [-0.2, -0.15) is 5.26 Å². The van der Waals surface area contributed by atoms with Gasteiger partial charge in [0.15, 0.2) is 0 Å². The van der Waals surface area contributed by atoms with E-state index in [1.807, 2.05) is 6.07 Å². The fourth-order valence-electron chi connectivity index (χ4n) is 1.63. The largest absolute Gasteiger partial charge is 0.457 e. The summed E-state index contributed by atoms with van der Waals surface area (Å²) in [6.45, 7) is 0.0271. The van der Waals surface area contributed by atoms with Crippen LogP contribution >= 0.6 is 27.5 Å². The van der Waals surface area contributed by atoms with Gasteiger partial charge in [-0.3, -0.25) is 0 Å². The summed E-state index contributed by atoms with van der Waals surface area (Å²) in [5.41, 5.74) is 7.62. The van der Waals surface area contributed by atoms with E-state index in [9.17, 15) is 4.79 Å². The molecule has 0 aliphatic carbocycles. The van der Waals surface area contributed by atoms with E-state index in [-0.39, 0.29) is 6.61 Å². The lowest BCUT2D eigenvalue weighted by Gasteiger charge is -2.08. The molecule has 0 saturated carbocycles. The van der Waals surface area contributed by atoms with Crippen LogP contribution in [0, 0.1) is 11.3 Å². The second kappa shape index (κ2) is 6.61. The Bertz CT molecular complexity index is 741. The highest BCUT2D eigenvalue weighted by Crippen LogP contribution is 2.22. The van der Waals surface area contributed by atoms with Gasteiger partial charge in [0.25, 0.3) is 0 Å². The topological polar surface area (TPSA) is 76.1 Å². The van der Waals surface area contributed by atoms with Crippen molar-refractivity contribution in [2.45, 2.75) is 6.61 Å². The third kappa shape index (κ3) is 3.75. The molecular formula is C15H10BrClN2O2. The number of carbonyl (C=O) groups excluding carboxylic acids is 1. The molecule has 2 rings (SSSR count). The number of halogens is 2. The third-order valence-electron chi connectivity index (χ3n) is 2.77. The SMILES string of the molecule is N#Cc1ccc(COC(=O)c2ccc(Br)c(N)c2)c(Cl)c1. The van der Waals surface area contributed by atoms with Gasteiger partial charge >= 0.3 is 5.97 Å². The number of anilines is 1. The zero-order chi connectivity index (χ0) is 15.4. The molecule has 6 heteroatoms. The van der Waals surface area contributed by atoms with Gasteiger partial charge in [0.05, 0.1) is 17.2 Å². The average Bonchev–Trinajstić information content (AvgIpc) is 2.48. The van der Waals surface area contributed by atoms with E-state index in [1.165, 1.54) is 12.1 Å². The molecule has 2 aromatic rings. The molecule has 0 aromatic heterocycles. The molecule has 2 aromatic carbocycles. The van der Waals surface area contributed by atoms with Gasteiger partial charge in [0.1, 0.15) is 6.61 Å². The van der Waals surface area contributed by atoms with Gasteiger partial charge in [0.2, 0.25) is 0 Å². The van der Waals surface area contributed by atoms with Crippen molar-refractivity contribution in [3.63, 3.8) is 0 Å². The summed E-state index contributed by atoms with van der Waals surface area (Å²) in [5, 5.41) is 9.14. The van der Waals surface area contributed by atoms with Crippen molar-refractivity contribution in [2.75, 3.05) is 5.73 Å². The Morgan fingerprint density at radius 2 is 2.10 bits per heavy atom. The molecule has 0 bridgehead atoms. The first-order chi connectivity index (χ1) is 10.0. The van der Waals surface area contributed by atoms with E-state index in [1.54, 1.807) is 24.3 Å². The van der Waals surface area contributed by atoms with Crippen molar-refractivity contribution >= 4 is 39.2 Å². The number of hydrogen-bond donors (Lipinski definition) is 1. The van der Waals surface area contributed by atoms with Crippen LogP contribution in [-0.2, 0) is 11.3 Å². The molecule has 0 fully saturated rings. The molecule has 0 heterocycles. The first-order valence-electron chi connectivity index (χ1n) is 5.92. The Hall–Kier alpha value is -2.03. The monoisotopic (exact) mass is 364 g/mol. The molecule has 0 radical (unpaired) electrons. The lowest BCUT2D eigenvalue weighted by molar-refractivity contribution is 0.0473. The van der Waals surface area contributed by atoms with E-state index < -0.39 is 5.97 Å². The van der Waals surface area contributed by atoms with Crippen molar-refractivity contribution in [2.24, 2.45) is 0 Å². The Kier molecular flexibility index (Phi) is 4.84. The van der Waals surface area contributed by atoms with Gasteiger partial charge in [0, 0.05) is 20.7 Å². The van der Waals surface area contributed by atoms with Crippen LogP contribution in [0.2, 0.25) is 5.02 Å². The molecule has 21 heavy (non-hydrogen) atoms. The second-order valence-electron chi connectivity index (χ2n) is 4.23. The molecule has 0 spiro atoms. The standard InChI is InChI=1S/C15H10BrClN2O2/c16-12-4-3-10(6-14(12)19)15(20)21-8-11-2-1-9(7-18)5-13(11)17/h1-6H,8,19H2. The van der Waals surface area contributed by atoms with Crippen molar-refractivity contribution in [1.29, 1.82) is 5.26 Å². The van der Waals surface area contributed by atoms with Gasteiger partial charge in [-0.15, -0.1) is 0 Å². The van der Waals surface area contributed by atoms with Crippen molar-refractivity contribution in [1.82, 2.24) is 0 Å². The highest BCUT2D eigenvalue weighted by molar-refractivity contribution is 9.10. The van der Waals surface area contributed by atoms with Crippen LogP contribution in [0.5, 0.6) is 0 Å². The molecule has 0 aliphatic rings. The van der Waals surface area contributed by atoms with E-state index in [0.29, 0.717) is 31.9 Å². The van der Waals surface area contributed by atoms with Crippen molar-refractivity contribution < 1.29 is 9.53 Å². The van der Waals surface area contributed by atoms with E-state index in [4.69, 9.17) is 27.3 Å². The summed E-state index contributed by atoms with van der Waals surface area (Å²) in [4.78, 5) is 11.9. The molecule has 0 saturated heterocycles. The zero-order valence-electron chi connectivity index (χ0n) is 10.8. The van der Waals surface area contributed by atoms with Crippen LogP contribution < -0.4 is 5.73 Å². The van der Waals surface area contributed by atoms with Crippen LogP contribution in [0.25, 0.3) is 0 Å². The Balaban J connectivity index is 2.07. The summed E-state index contributed by atoms with van der Waals surface area (Å²) in [6, 6.07) is 11.6. The number of benzene rings is 2. The Labute approximate surface area is 135 Å². The fraction of sp³-hybridized carbons (Fsp3) is 0.0667. The van der Waals surface area contributed by atoms with Crippen LogP contribution in [0.15, 0.2) is 40.9 Å². The molecule has 0 unspecified atom stereocenters. The van der Waals surface area contributed by atoms with Crippen molar-refractivity contribution in [3.8, 4) is 6.07 Å². The van der Waals surface area contributed by atoms with Crippen LogP contribution in [0.3, 0.4) is 0 Å². The Morgan fingerprint density at radius 1 is 1.33 bits per heavy atom. The summed E-state index contributed by atoms with van der Waals surface area (Å²) in [5.74, 6) is -0.491. The number of nitrogens with two attached hydrogens (primary N) is 1. The highest BCUT2D eigenvalue weighted by Gasteiger charge is 2.10. The molecule has 4 nitrogen and oxygen atoms in total. The fourth-order valence-corrected chi connectivity index (χ4v) is 2.11. The minimum Gasteiger partial charge on any atom is -0.457 e. The minimum atomic E-state index is -0.491. The van der Waals surface area contributed by atoms with Crippen LogP contribution in [-0.4, -0.2) is 5.97 Å². The van der Waals surface area contributed by atoms with Gasteiger partial charge in [-0.05, 0) is 46.3 Å². The number of ether oxygens (including phenoxy) is 1. The average molecular weight is 366 g/mol. The van der Waals surface area contributed by atoms with Gasteiger partial charge in [-0.1, -0.05) is 17.7 Å². The van der Waals surface area contributed by atoms with Crippen LogP contribution in [0.1, 0.15) is 21.5 Å². The summed E-state index contributed by atoms with van der Waals surface area (Å²) in [6.07, 6.45) is 0. The number of rotatable bonds is 3. The van der Waals surface area contributed by atoms with E-state index >= 15 is 0 Å². The Morgan fingerprint density at radius 3 is 2.71 bits per heavy atom. The number of nitrogen functional groups attached to an aromatic ring is 1. The molecular weight excluding hydrogens is 356 g/mol. The lowest BCUT2D eigenvalue weighted by atomic mass is 10.1. The van der Waals surface area contributed by atoms with E-state index in [2.05, 4.69) is 15.9 Å². The van der Waals surface area contributed by atoms with Gasteiger partial charge < -0.3 is 10.5 Å². The van der Waals surface area contributed by atoms with E-state index in [0.717, 1.165) is 0 Å². The first kappa shape index (κ1) is 15.4. The molecule has 0 atom stereocenters. The van der Waals surface area contributed by atoms with Crippen molar-refractivity contribution in [3.05, 3.63) is 62.6 Å². The molecule has 2 N–H and O–H groups in total. The minimum absolute atomic E-state index is 0.0271. The summed E-state index contributed by atoms with van der Waals surface area (Å²) < 4.78 is 5.90. The maximum atomic E-state index is 11.9. The number of hydrogen-bond acceptors (Lipinski definition) is 4. The maximum absolute atomic E-state index is 11.9. The predicted molar refractivity (Wildman–Crippen MR) is 83.8 cm³/mol. The van der Waals surface area contributed by atoms with Gasteiger partial charge in [-0.25, -0.2) is 4.79 Å². The normalized spacial score (nSPS) is 9.95. The molecule has 0 amide bonds. The molecule has 106 valence electrons. The predicted octanol–water partition coefficient (Wildman–Crippen LogP) is 3.91. The summed E-state index contributed by atoms with van der Waals surface area (Å²) in [7, 11) is 0. The lowest BCUT2D eigenvalue weighted by Crippen LogP contribution is -2.06. The molecule has 0 aliphatic heterocycles. The zero-order valence-corrected chi connectivity index (χ0v) is 13.1. The number of carbonyl (C=O) groups is 1. The number of nitrogens with zero attached hydrogens (tertiary/aromatic N) is 1. The summed E-state index contributed by atoms with van der Waals surface area (Å²) >= 11 is 9.27. The number of esters is 1. The second-order valence-corrected chi connectivity index (χ2v) is 5.49. The number of nitriles is 1.